The number of carbonyl (C=O) groups is 1. The Morgan fingerprint density at radius 2 is 1.71 bits per heavy atom. The summed E-state index contributed by atoms with van der Waals surface area (Å²) < 4.78 is 40.5. The first-order valence-electron chi connectivity index (χ1n) is 8.51. The van der Waals surface area contributed by atoms with Crippen LogP contribution >= 0.6 is 0 Å². The molecule has 1 atom stereocenters. The third-order valence-corrected chi connectivity index (χ3v) is 4.25. The van der Waals surface area contributed by atoms with E-state index in [4.69, 9.17) is 0 Å². The second kappa shape index (κ2) is 7.41. The van der Waals surface area contributed by atoms with Gasteiger partial charge in [0, 0.05) is 0 Å². The molecule has 0 spiro atoms. The number of hydrogen-bond acceptors (Lipinski definition) is 4. The van der Waals surface area contributed by atoms with Crippen molar-refractivity contribution >= 4 is 22.5 Å². The Morgan fingerprint density at radius 1 is 1.07 bits per heavy atom. The third kappa shape index (κ3) is 3.73. The minimum atomic E-state index is -4.63. The quantitative estimate of drug-likeness (QED) is 0.738. The molecule has 6 nitrogen and oxygen atoms in total. The minimum Gasteiger partial charge on any atom is -0.324 e. The molecule has 0 saturated heterocycles. The monoisotopic (exact) mass is 390 g/mol. The molecule has 0 aliphatic rings. The van der Waals surface area contributed by atoms with E-state index in [2.05, 4.69) is 15.6 Å². The lowest BCUT2D eigenvalue weighted by Crippen LogP contribution is -2.38. The van der Waals surface area contributed by atoms with Crippen LogP contribution in [0.4, 0.5) is 18.9 Å². The summed E-state index contributed by atoms with van der Waals surface area (Å²) in [4.78, 5) is 25.6. The van der Waals surface area contributed by atoms with Crippen LogP contribution in [-0.2, 0) is 11.0 Å². The molecule has 0 radical (unpaired) electrons. The fraction of sp³-hybridized carbons (Fsp3) is 0.263. The number of amides is 1. The number of hydrogen-bond donors (Lipinski definition) is 1. The van der Waals surface area contributed by atoms with Gasteiger partial charge in [0.25, 0.3) is 5.56 Å². The van der Waals surface area contributed by atoms with Gasteiger partial charge in [0.1, 0.15) is 11.6 Å². The maximum Gasteiger partial charge on any atom is 0.418 e. The van der Waals surface area contributed by atoms with Gasteiger partial charge in [-0.05, 0) is 30.2 Å². The molecule has 0 bridgehead atoms. The normalized spacial score (nSPS) is 12.9. The summed E-state index contributed by atoms with van der Waals surface area (Å²) in [5.41, 5.74) is -1.52. The van der Waals surface area contributed by atoms with Crippen LogP contribution in [0.5, 0.6) is 0 Å². The van der Waals surface area contributed by atoms with Crippen molar-refractivity contribution in [1.29, 1.82) is 0 Å². The number of nitrogens with zero attached hydrogens (tertiary/aromatic N) is 3. The number of anilines is 1. The van der Waals surface area contributed by atoms with E-state index >= 15 is 0 Å². The summed E-state index contributed by atoms with van der Waals surface area (Å²) >= 11 is 0. The van der Waals surface area contributed by atoms with E-state index in [1.165, 1.54) is 12.1 Å². The summed E-state index contributed by atoms with van der Waals surface area (Å²) in [6.45, 7) is 3.34. The van der Waals surface area contributed by atoms with Crippen molar-refractivity contribution < 1.29 is 18.0 Å². The number of alkyl halides is 3. The maximum absolute atomic E-state index is 13.2. The van der Waals surface area contributed by atoms with Crippen molar-refractivity contribution in [3.63, 3.8) is 0 Å². The highest BCUT2D eigenvalue weighted by Crippen LogP contribution is 2.35. The topological polar surface area (TPSA) is 76.9 Å². The fourth-order valence-electron chi connectivity index (χ4n) is 2.93. The Labute approximate surface area is 158 Å². The Balaban J connectivity index is 2.02. The van der Waals surface area contributed by atoms with E-state index in [1.807, 2.05) is 0 Å². The van der Waals surface area contributed by atoms with Gasteiger partial charge < -0.3 is 5.32 Å². The van der Waals surface area contributed by atoms with Crippen LogP contribution in [-0.4, -0.2) is 20.9 Å². The van der Waals surface area contributed by atoms with Crippen molar-refractivity contribution in [2.24, 2.45) is 5.92 Å². The number of para-hydroxylation sites is 1. The van der Waals surface area contributed by atoms with Crippen LogP contribution in [0.1, 0.15) is 25.5 Å². The van der Waals surface area contributed by atoms with Crippen LogP contribution in [0.25, 0.3) is 10.9 Å². The average Bonchev–Trinajstić information content (AvgIpc) is 2.63. The number of rotatable bonds is 4. The van der Waals surface area contributed by atoms with Crippen molar-refractivity contribution in [3.05, 3.63) is 64.4 Å². The third-order valence-electron chi connectivity index (χ3n) is 4.25. The molecule has 1 unspecified atom stereocenters. The van der Waals surface area contributed by atoms with E-state index in [9.17, 15) is 22.8 Å². The maximum atomic E-state index is 13.2. The molecule has 1 amide bonds. The average molecular weight is 390 g/mol. The van der Waals surface area contributed by atoms with Gasteiger partial charge in [-0.3, -0.25) is 9.59 Å². The Kier molecular flexibility index (Phi) is 5.17. The predicted molar refractivity (Wildman–Crippen MR) is 97.7 cm³/mol. The van der Waals surface area contributed by atoms with E-state index in [1.54, 1.807) is 38.1 Å². The van der Waals surface area contributed by atoms with Crippen LogP contribution < -0.4 is 10.9 Å². The molecule has 1 aromatic heterocycles. The van der Waals surface area contributed by atoms with Crippen molar-refractivity contribution in [3.8, 4) is 0 Å². The molecule has 146 valence electrons. The van der Waals surface area contributed by atoms with E-state index in [-0.39, 0.29) is 11.1 Å². The summed E-state index contributed by atoms with van der Waals surface area (Å²) in [6, 6.07) is 10.0. The van der Waals surface area contributed by atoms with Crippen molar-refractivity contribution in [2.75, 3.05) is 5.32 Å². The molecule has 3 rings (SSSR count). The number of fused-ring (bicyclic) bond motifs is 1. The molecule has 3 aromatic rings. The molecular formula is C19H17F3N4O2. The molecule has 1 N–H and O–H groups in total. The van der Waals surface area contributed by atoms with Gasteiger partial charge in [-0.25, -0.2) is 0 Å². The zero-order chi connectivity index (χ0) is 20.5. The molecule has 0 fully saturated rings. The van der Waals surface area contributed by atoms with Gasteiger partial charge >= 0.3 is 6.18 Å². The van der Waals surface area contributed by atoms with E-state index in [0.717, 1.165) is 16.8 Å². The predicted octanol–water partition coefficient (Wildman–Crippen LogP) is 3.65. The number of benzene rings is 2. The largest absolute Gasteiger partial charge is 0.418 e. The molecule has 0 aliphatic heterocycles. The van der Waals surface area contributed by atoms with Gasteiger partial charge in [0.15, 0.2) is 0 Å². The first-order chi connectivity index (χ1) is 13.2. The molecule has 0 aliphatic carbocycles. The molecule has 0 saturated carbocycles. The SMILES string of the molecule is CC(C)C(C(=O)Nc1ccccc1C(F)(F)F)n1nnc2ccccc2c1=O. The Morgan fingerprint density at radius 3 is 2.39 bits per heavy atom. The van der Waals surface area contributed by atoms with Crippen LogP contribution in [0, 0.1) is 5.92 Å². The van der Waals surface area contributed by atoms with Crippen LogP contribution in [0.15, 0.2) is 53.3 Å². The zero-order valence-electron chi connectivity index (χ0n) is 15.1. The second-order valence-electron chi connectivity index (χ2n) is 6.58. The molecular weight excluding hydrogens is 373 g/mol. The van der Waals surface area contributed by atoms with Crippen molar-refractivity contribution in [1.82, 2.24) is 15.0 Å². The summed E-state index contributed by atoms with van der Waals surface area (Å²) in [5.74, 6) is -1.20. The smallest absolute Gasteiger partial charge is 0.324 e. The van der Waals surface area contributed by atoms with Crippen LogP contribution in [0.2, 0.25) is 0 Å². The zero-order valence-corrected chi connectivity index (χ0v) is 15.1. The lowest BCUT2D eigenvalue weighted by molar-refractivity contribution is -0.137. The number of nitrogens with one attached hydrogen (secondary N) is 1. The lowest BCUT2D eigenvalue weighted by Gasteiger charge is -2.22. The van der Waals surface area contributed by atoms with Crippen LogP contribution in [0.3, 0.4) is 0 Å². The van der Waals surface area contributed by atoms with Gasteiger partial charge in [0.2, 0.25) is 5.91 Å². The Bertz CT molecular complexity index is 1080. The summed E-state index contributed by atoms with van der Waals surface area (Å²) in [5, 5.41) is 10.3. The Hall–Kier alpha value is -3.23. The van der Waals surface area contributed by atoms with Gasteiger partial charge in [-0.1, -0.05) is 43.3 Å². The van der Waals surface area contributed by atoms with Crippen molar-refractivity contribution in [2.45, 2.75) is 26.1 Å². The highest BCUT2D eigenvalue weighted by molar-refractivity contribution is 5.94. The van der Waals surface area contributed by atoms with Gasteiger partial charge in [0.05, 0.1) is 16.6 Å². The minimum absolute atomic E-state index is 0.270. The summed E-state index contributed by atoms with van der Waals surface area (Å²) in [7, 11) is 0. The highest BCUT2D eigenvalue weighted by Gasteiger charge is 2.35. The highest BCUT2D eigenvalue weighted by atomic mass is 19.4. The van der Waals surface area contributed by atoms with E-state index < -0.39 is 35.2 Å². The first kappa shape index (κ1) is 19.5. The second-order valence-corrected chi connectivity index (χ2v) is 6.58. The fourth-order valence-corrected chi connectivity index (χ4v) is 2.93. The van der Waals surface area contributed by atoms with Gasteiger partial charge in [-0.15, -0.1) is 5.10 Å². The molecule has 28 heavy (non-hydrogen) atoms. The molecule has 1 heterocycles. The number of carbonyl (C=O) groups excluding carboxylic acids is 1. The number of halogens is 3. The standard InChI is InChI=1S/C19H17F3N4O2/c1-11(2)16(26-18(28)12-7-3-5-9-14(12)24-25-26)17(27)23-15-10-6-4-8-13(15)19(20,21)22/h3-11,16H,1-2H3,(H,23,27). The lowest BCUT2D eigenvalue weighted by atomic mass is 10.0. The molecule has 9 heteroatoms. The van der Waals surface area contributed by atoms with E-state index in [0.29, 0.717) is 5.52 Å². The molecule has 2 aromatic carbocycles. The first-order valence-corrected chi connectivity index (χ1v) is 8.51. The number of aromatic nitrogens is 3. The summed E-state index contributed by atoms with van der Waals surface area (Å²) in [6.07, 6.45) is -4.63. The van der Waals surface area contributed by atoms with Gasteiger partial charge in [-0.2, -0.15) is 17.9 Å².